The molecule has 4 rings (SSSR count). The van der Waals surface area contributed by atoms with E-state index < -0.39 is 17.9 Å². The monoisotopic (exact) mass is 247 g/mol. The highest BCUT2D eigenvalue weighted by atomic mass is 16.7. The number of hydrogen-bond acceptors (Lipinski definition) is 4. The van der Waals surface area contributed by atoms with E-state index in [1.165, 1.54) is 0 Å². The summed E-state index contributed by atoms with van der Waals surface area (Å²) in [4.78, 5) is 11.3. The minimum Gasteiger partial charge on any atom is -0.415 e. The van der Waals surface area contributed by atoms with Crippen molar-refractivity contribution >= 4 is 11.8 Å². The largest absolute Gasteiger partial charge is 0.415 e. The third-order valence-corrected chi connectivity index (χ3v) is 4.09. The SMILES string of the molecule is C=C1N[C@@H]2[C@@H](C[C@@]3(O)OC(=O)N[C@@H]23)n2cccc21. The van der Waals surface area contributed by atoms with Gasteiger partial charge in [0, 0.05) is 12.6 Å². The van der Waals surface area contributed by atoms with Crippen LogP contribution in [0.1, 0.15) is 18.2 Å². The summed E-state index contributed by atoms with van der Waals surface area (Å²) in [6.45, 7) is 3.98. The smallest absolute Gasteiger partial charge is 0.410 e. The minimum absolute atomic E-state index is 0.0519. The van der Waals surface area contributed by atoms with Crippen LogP contribution in [0.25, 0.3) is 5.70 Å². The zero-order valence-electron chi connectivity index (χ0n) is 9.59. The molecule has 1 aromatic heterocycles. The molecular formula is C12H13N3O3. The van der Waals surface area contributed by atoms with E-state index in [0.29, 0.717) is 6.42 Å². The molecular weight excluding hydrogens is 234 g/mol. The van der Waals surface area contributed by atoms with Gasteiger partial charge in [-0.2, -0.15) is 0 Å². The quantitative estimate of drug-likeness (QED) is 0.611. The van der Waals surface area contributed by atoms with Gasteiger partial charge in [0.25, 0.3) is 0 Å². The van der Waals surface area contributed by atoms with Gasteiger partial charge in [-0.15, -0.1) is 0 Å². The normalized spacial score (nSPS) is 40.4. The van der Waals surface area contributed by atoms with Crippen LogP contribution in [-0.2, 0) is 4.74 Å². The highest BCUT2D eigenvalue weighted by Gasteiger charge is 2.62. The molecule has 3 aliphatic rings. The summed E-state index contributed by atoms with van der Waals surface area (Å²) in [5.41, 5.74) is 1.80. The molecule has 0 bridgehead atoms. The first-order chi connectivity index (χ1) is 8.58. The number of nitrogens with zero attached hydrogens (tertiary/aromatic N) is 1. The Hall–Kier alpha value is -1.95. The van der Waals surface area contributed by atoms with Gasteiger partial charge in [-0.25, -0.2) is 4.79 Å². The molecule has 0 unspecified atom stereocenters. The van der Waals surface area contributed by atoms with Crippen LogP contribution >= 0.6 is 0 Å². The van der Waals surface area contributed by atoms with Crippen molar-refractivity contribution in [2.24, 2.45) is 0 Å². The Bertz CT molecular complexity index is 567. The Labute approximate surface area is 103 Å². The van der Waals surface area contributed by atoms with E-state index in [-0.39, 0.29) is 12.1 Å². The maximum Gasteiger partial charge on any atom is 0.410 e. The zero-order valence-corrected chi connectivity index (χ0v) is 9.59. The maximum absolute atomic E-state index is 11.3. The lowest BCUT2D eigenvalue weighted by Crippen LogP contribution is -2.52. The topological polar surface area (TPSA) is 75.5 Å². The van der Waals surface area contributed by atoms with Crippen molar-refractivity contribution in [3.63, 3.8) is 0 Å². The highest BCUT2D eigenvalue weighted by Crippen LogP contribution is 2.45. The van der Waals surface area contributed by atoms with E-state index in [1.54, 1.807) is 0 Å². The molecule has 0 spiro atoms. The first-order valence-corrected chi connectivity index (χ1v) is 5.93. The average molecular weight is 247 g/mol. The number of carbonyl (C=O) groups is 1. The van der Waals surface area contributed by atoms with Gasteiger partial charge in [-0.1, -0.05) is 6.58 Å². The fraction of sp³-hybridized carbons (Fsp3) is 0.417. The van der Waals surface area contributed by atoms with E-state index in [1.807, 2.05) is 18.3 Å². The lowest BCUT2D eigenvalue weighted by atomic mass is 10.0. The predicted molar refractivity (Wildman–Crippen MR) is 62.4 cm³/mol. The van der Waals surface area contributed by atoms with Crippen molar-refractivity contribution in [3.8, 4) is 0 Å². The summed E-state index contributed by atoms with van der Waals surface area (Å²) < 4.78 is 7.09. The van der Waals surface area contributed by atoms with Gasteiger partial charge < -0.3 is 25.0 Å². The second-order valence-electron chi connectivity index (χ2n) is 5.08. The second-order valence-corrected chi connectivity index (χ2v) is 5.08. The van der Waals surface area contributed by atoms with Crippen LogP contribution in [0.4, 0.5) is 4.79 Å². The first-order valence-electron chi connectivity index (χ1n) is 5.93. The Morgan fingerprint density at radius 3 is 3.22 bits per heavy atom. The molecule has 0 radical (unpaired) electrons. The van der Waals surface area contributed by atoms with Crippen LogP contribution in [0.15, 0.2) is 24.9 Å². The molecule has 6 nitrogen and oxygen atoms in total. The second kappa shape index (κ2) is 2.89. The van der Waals surface area contributed by atoms with Crippen molar-refractivity contribution < 1.29 is 14.6 Å². The van der Waals surface area contributed by atoms with Crippen LogP contribution in [0.5, 0.6) is 0 Å². The molecule has 1 aliphatic carbocycles. The Morgan fingerprint density at radius 2 is 2.39 bits per heavy atom. The Morgan fingerprint density at radius 1 is 1.56 bits per heavy atom. The molecule has 2 fully saturated rings. The number of nitrogens with one attached hydrogen (secondary N) is 2. The standard InChI is InChI=1S/C12H13N3O3/c1-6-7-3-2-4-15(7)8-5-12(17)10(9(8)13-6)14-11(16)18-12/h2-4,8-10,13,17H,1,5H2,(H,14,16)/t8-,9-,10+,12-/m1/s1. The van der Waals surface area contributed by atoms with Gasteiger partial charge in [0.15, 0.2) is 0 Å². The van der Waals surface area contributed by atoms with Crippen molar-refractivity contribution in [1.82, 2.24) is 15.2 Å². The summed E-state index contributed by atoms with van der Waals surface area (Å²) in [6.07, 6.45) is 1.78. The van der Waals surface area contributed by atoms with Crippen LogP contribution in [0, 0.1) is 0 Å². The number of aliphatic hydroxyl groups is 1. The summed E-state index contributed by atoms with van der Waals surface area (Å²) in [5, 5.41) is 16.3. The van der Waals surface area contributed by atoms with Crippen LogP contribution in [-0.4, -0.2) is 33.6 Å². The number of rotatable bonds is 0. The summed E-state index contributed by atoms with van der Waals surface area (Å²) in [5.74, 6) is -1.43. The van der Waals surface area contributed by atoms with E-state index in [9.17, 15) is 9.90 Å². The average Bonchev–Trinajstić information content (AvgIpc) is 2.92. The zero-order chi connectivity index (χ0) is 12.5. The van der Waals surface area contributed by atoms with Gasteiger partial charge in [0.05, 0.1) is 23.5 Å². The third-order valence-electron chi connectivity index (χ3n) is 4.09. The van der Waals surface area contributed by atoms with Gasteiger partial charge in [0.1, 0.15) is 6.04 Å². The van der Waals surface area contributed by atoms with Crippen molar-refractivity contribution in [2.45, 2.75) is 30.3 Å². The number of carbonyl (C=O) groups excluding carboxylic acids is 1. The molecule has 1 amide bonds. The lowest BCUT2D eigenvalue weighted by Gasteiger charge is -2.33. The Kier molecular flexibility index (Phi) is 1.61. The van der Waals surface area contributed by atoms with E-state index >= 15 is 0 Å². The number of fused-ring (bicyclic) bond motifs is 5. The number of alkyl carbamates (subject to hydrolysis) is 1. The summed E-state index contributed by atoms with van der Waals surface area (Å²) in [7, 11) is 0. The van der Waals surface area contributed by atoms with Crippen molar-refractivity contribution in [3.05, 3.63) is 30.6 Å². The number of aromatic nitrogens is 1. The van der Waals surface area contributed by atoms with Crippen molar-refractivity contribution in [2.75, 3.05) is 0 Å². The summed E-state index contributed by atoms with van der Waals surface area (Å²) >= 11 is 0. The van der Waals surface area contributed by atoms with E-state index in [4.69, 9.17) is 4.74 Å². The molecule has 1 saturated heterocycles. The van der Waals surface area contributed by atoms with Crippen LogP contribution in [0.3, 0.4) is 0 Å². The van der Waals surface area contributed by atoms with Gasteiger partial charge >= 0.3 is 6.09 Å². The molecule has 1 aromatic rings. The van der Waals surface area contributed by atoms with Crippen LogP contribution < -0.4 is 10.6 Å². The molecule has 0 aromatic carbocycles. The predicted octanol–water partition coefficient (Wildman–Crippen LogP) is 0.172. The van der Waals surface area contributed by atoms with E-state index in [2.05, 4.69) is 21.8 Å². The van der Waals surface area contributed by atoms with E-state index in [0.717, 1.165) is 11.4 Å². The maximum atomic E-state index is 11.3. The Balaban J connectivity index is 1.80. The molecule has 18 heavy (non-hydrogen) atoms. The highest BCUT2D eigenvalue weighted by molar-refractivity contribution is 5.72. The fourth-order valence-corrected chi connectivity index (χ4v) is 3.35. The number of amides is 1. The van der Waals surface area contributed by atoms with Crippen LogP contribution in [0.2, 0.25) is 0 Å². The fourth-order valence-electron chi connectivity index (χ4n) is 3.35. The first kappa shape index (κ1) is 10.0. The minimum atomic E-state index is -1.43. The van der Waals surface area contributed by atoms with Gasteiger partial charge in [-0.3, -0.25) is 0 Å². The molecule has 1 saturated carbocycles. The molecule has 6 heteroatoms. The third kappa shape index (κ3) is 1.04. The number of hydrogen-bond donors (Lipinski definition) is 3. The lowest BCUT2D eigenvalue weighted by molar-refractivity contribution is -0.141. The molecule has 3 N–H and O–H groups in total. The summed E-state index contributed by atoms with van der Waals surface area (Å²) in [6, 6.07) is 3.43. The molecule has 4 atom stereocenters. The van der Waals surface area contributed by atoms with Crippen molar-refractivity contribution in [1.29, 1.82) is 0 Å². The molecule has 94 valence electrons. The number of ether oxygens (including phenoxy) is 1. The molecule has 2 aliphatic heterocycles. The molecule has 3 heterocycles. The van der Waals surface area contributed by atoms with Gasteiger partial charge in [-0.05, 0) is 12.1 Å². The van der Waals surface area contributed by atoms with Gasteiger partial charge in [0.2, 0.25) is 5.79 Å².